The first-order valence-corrected chi connectivity index (χ1v) is 8.56. The van der Waals surface area contributed by atoms with Gasteiger partial charge in [0.15, 0.2) is 9.84 Å². The van der Waals surface area contributed by atoms with Crippen LogP contribution in [0.4, 0.5) is 0 Å². The second kappa shape index (κ2) is 7.06. The third-order valence-corrected chi connectivity index (χ3v) is 5.20. The van der Waals surface area contributed by atoms with Crippen LogP contribution in [-0.2, 0) is 9.84 Å². The van der Waals surface area contributed by atoms with Crippen LogP contribution < -0.4 is 5.32 Å². The topological polar surface area (TPSA) is 46.2 Å². The third kappa shape index (κ3) is 4.62. The van der Waals surface area contributed by atoms with Crippen molar-refractivity contribution < 1.29 is 8.42 Å². The molecule has 0 aromatic heterocycles. The highest BCUT2D eigenvalue weighted by Gasteiger charge is 2.19. The van der Waals surface area contributed by atoms with Gasteiger partial charge in [0.1, 0.15) is 0 Å². The highest BCUT2D eigenvalue weighted by atomic mass is 32.2. The van der Waals surface area contributed by atoms with E-state index in [1.807, 2.05) is 19.2 Å². The maximum Gasteiger partial charge on any atom is 0.179 e. The summed E-state index contributed by atoms with van der Waals surface area (Å²) in [6.45, 7) is 6.26. The maximum absolute atomic E-state index is 12.3. The molecule has 1 aromatic carbocycles. The van der Waals surface area contributed by atoms with E-state index >= 15 is 0 Å². The summed E-state index contributed by atoms with van der Waals surface area (Å²) in [6.07, 6.45) is 1.85. The molecule has 1 aromatic rings. The predicted molar refractivity (Wildman–Crippen MR) is 80.3 cm³/mol. The van der Waals surface area contributed by atoms with Crippen molar-refractivity contribution in [2.24, 2.45) is 0 Å². The number of benzene rings is 1. The number of hydrogen-bond donors (Lipinski definition) is 1. The zero-order valence-electron chi connectivity index (χ0n) is 12.3. The van der Waals surface area contributed by atoms with Crippen molar-refractivity contribution in [1.82, 2.24) is 5.32 Å². The van der Waals surface area contributed by atoms with E-state index in [4.69, 9.17) is 0 Å². The normalized spacial score (nSPS) is 13.7. The Labute approximate surface area is 117 Å². The van der Waals surface area contributed by atoms with Crippen LogP contribution in [0.2, 0.25) is 0 Å². The van der Waals surface area contributed by atoms with Crippen LogP contribution in [0.1, 0.15) is 45.1 Å². The van der Waals surface area contributed by atoms with Gasteiger partial charge in [-0.25, -0.2) is 8.42 Å². The van der Waals surface area contributed by atoms with Gasteiger partial charge in [-0.15, -0.1) is 0 Å². The molecule has 0 saturated heterocycles. The molecule has 0 saturated carbocycles. The van der Waals surface area contributed by atoms with Crippen LogP contribution in [-0.4, -0.2) is 27.3 Å². The van der Waals surface area contributed by atoms with E-state index in [2.05, 4.69) is 26.1 Å². The molecule has 0 aliphatic carbocycles. The molecular formula is C15H25NO2S. The Kier molecular flexibility index (Phi) is 6.01. The van der Waals surface area contributed by atoms with Gasteiger partial charge in [-0.1, -0.05) is 39.3 Å². The number of sulfone groups is 1. The lowest BCUT2D eigenvalue weighted by atomic mass is 10.0. The Bertz CT molecular complexity index is 477. The molecule has 0 spiro atoms. The maximum atomic E-state index is 12.3. The van der Waals surface area contributed by atoms with Gasteiger partial charge in [0, 0.05) is 6.04 Å². The van der Waals surface area contributed by atoms with Crippen molar-refractivity contribution in [2.75, 3.05) is 12.8 Å². The molecular weight excluding hydrogens is 258 g/mol. The summed E-state index contributed by atoms with van der Waals surface area (Å²) in [5.41, 5.74) is 1.16. The number of hydrogen-bond acceptors (Lipinski definition) is 3. The van der Waals surface area contributed by atoms with Crippen LogP contribution in [0.5, 0.6) is 0 Å². The Hall–Kier alpha value is -0.870. The minimum Gasteiger partial charge on any atom is -0.316 e. The zero-order chi connectivity index (χ0) is 14.5. The second-order valence-corrected chi connectivity index (χ2v) is 7.31. The van der Waals surface area contributed by atoms with Gasteiger partial charge in [0.05, 0.1) is 10.6 Å². The molecule has 0 aliphatic rings. The third-order valence-electron chi connectivity index (χ3n) is 3.37. The SMILES string of the molecule is CCCC(CS(=O)(=O)c1ccc(C(C)C)cc1)NC. The van der Waals surface area contributed by atoms with Crippen molar-refractivity contribution in [3.63, 3.8) is 0 Å². The van der Waals surface area contributed by atoms with Crippen LogP contribution in [0.3, 0.4) is 0 Å². The first-order valence-electron chi connectivity index (χ1n) is 6.90. The molecule has 1 rings (SSSR count). The van der Waals surface area contributed by atoms with Crippen molar-refractivity contribution in [3.8, 4) is 0 Å². The molecule has 1 atom stereocenters. The van der Waals surface area contributed by atoms with E-state index < -0.39 is 9.84 Å². The molecule has 0 bridgehead atoms. The van der Waals surface area contributed by atoms with Crippen LogP contribution in [0.25, 0.3) is 0 Å². The van der Waals surface area contributed by atoms with Crippen LogP contribution >= 0.6 is 0 Å². The van der Waals surface area contributed by atoms with Gasteiger partial charge in [0.25, 0.3) is 0 Å². The summed E-state index contributed by atoms with van der Waals surface area (Å²) in [4.78, 5) is 0.424. The molecule has 3 nitrogen and oxygen atoms in total. The van der Waals surface area contributed by atoms with Crippen molar-refractivity contribution in [1.29, 1.82) is 0 Å². The van der Waals surface area contributed by atoms with Crippen LogP contribution in [0, 0.1) is 0 Å². The summed E-state index contributed by atoms with van der Waals surface area (Å²) in [5, 5.41) is 3.08. The molecule has 0 radical (unpaired) electrons. The lowest BCUT2D eigenvalue weighted by Crippen LogP contribution is -2.32. The molecule has 0 fully saturated rings. The van der Waals surface area contributed by atoms with Gasteiger partial charge in [-0.2, -0.15) is 0 Å². The Morgan fingerprint density at radius 1 is 1.16 bits per heavy atom. The molecule has 0 heterocycles. The standard InChI is InChI=1S/C15H25NO2S/c1-5-6-14(16-4)11-19(17,18)15-9-7-13(8-10-15)12(2)3/h7-10,12,14,16H,5-6,11H2,1-4H3. The summed E-state index contributed by atoms with van der Waals surface area (Å²) in [6, 6.07) is 7.30. The molecule has 1 N–H and O–H groups in total. The summed E-state index contributed by atoms with van der Waals surface area (Å²) in [7, 11) is -1.38. The predicted octanol–water partition coefficient (Wildman–Crippen LogP) is 2.97. The van der Waals surface area contributed by atoms with Crippen LogP contribution in [0.15, 0.2) is 29.2 Å². The minimum atomic E-state index is -3.20. The Morgan fingerprint density at radius 3 is 2.16 bits per heavy atom. The minimum absolute atomic E-state index is 0.0276. The lowest BCUT2D eigenvalue weighted by Gasteiger charge is -2.15. The van der Waals surface area contributed by atoms with E-state index in [9.17, 15) is 8.42 Å². The van der Waals surface area contributed by atoms with E-state index in [0.717, 1.165) is 18.4 Å². The van der Waals surface area contributed by atoms with E-state index in [0.29, 0.717) is 10.8 Å². The lowest BCUT2D eigenvalue weighted by molar-refractivity contribution is 0.536. The quantitative estimate of drug-likeness (QED) is 0.837. The van der Waals surface area contributed by atoms with Crippen molar-refractivity contribution >= 4 is 9.84 Å². The fourth-order valence-electron chi connectivity index (χ4n) is 2.08. The van der Waals surface area contributed by atoms with Crippen molar-refractivity contribution in [3.05, 3.63) is 29.8 Å². The fourth-order valence-corrected chi connectivity index (χ4v) is 3.69. The zero-order valence-corrected chi connectivity index (χ0v) is 13.1. The first-order chi connectivity index (χ1) is 8.90. The molecule has 1 unspecified atom stereocenters. The molecule has 4 heteroatoms. The number of nitrogens with one attached hydrogen (secondary N) is 1. The largest absolute Gasteiger partial charge is 0.316 e. The second-order valence-electron chi connectivity index (χ2n) is 5.28. The molecule has 108 valence electrons. The number of rotatable bonds is 7. The van der Waals surface area contributed by atoms with Gasteiger partial charge in [-0.3, -0.25) is 0 Å². The van der Waals surface area contributed by atoms with Gasteiger partial charge < -0.3 is 5.32 Å². The average Bonchev–Trinajstić information content (AvgIpc) is 2.38. The van der Waals surface area contributed by atoms with E-state index in [-0.39, 0.29) is 11.8 Å². The van der Waals surface area contributed by atoms with Gasteiger partial charge in [0.2, 0.25) is 0 Å². The van der Waals surface area contributed by atoms with Gasteiger partial charge >= 0.3 is 0 Å². The van der Waals surface area contributed by atoms with E-state index in [1.165, 1.54) is 0 Å². The highest BCUT2D eigenvalue weighted by molar-refractivity contribution is 7.91. The fraction of sp³-hybridized carbons (Fsp3) is 0.600. The summed E-state index contributed by atoms with van der Waals surface area (Å²) >= 11 is 0. The molecule has 0 aliphatic heterocycles. The summed E-state index contributed by atoms with van der Waals surface area (Å²) in [5.74, 6) is 0.583. The Balaban J connectivity index is 2.87. The smallest absolute Gasteiger partial charge is 0.179 e. The summed E-state index contributed by atoms with van der Waals surface area (Å²) < 4.78 is 24.6. The molecule has 0 amide bonds. The van der Waals surface area contributed by atoms with E-state index in [1.54, 1.807) is 12.1 Å². The highest BCUT2D eigenvalue weighted by Crippen LogP contribution is 2.19. The van der Waals surface area contributed by atoms with Crippen molar-refractivity contribution in [2.45, 2.75) is 50.5 Å². The first kappa shape index (κ1) is 16.2. The van der Waals surface area contributed by atoms with Gasteiger partial charge in [-0.05, 0) is 37.1 Å². The molecule has 19 heavy (non-hydrogen) atoms. The monoisotopic (exact) mass is 283 g/mol. The Morgan fingerprint density at radius 2 is 1.74 bits per heavy atom. The average molecular weight is 283 g/mol.